The number of nitrogens with one attached hydrogen (secondary N) is 2. The Bertz CT molecular complexity index is 844. The molecular weight excluding hydrogens is 390 g/mol. The van der Waals surface area contributed by atoms with Crippen LogP contribution in [0.3, 0.4) is 0 Å². The lowest BCUT2D eigenvalue weighted by molar-refractivity contribution is -0.124. The number of nitrogens with zero attached hydrogens (tertiary/aromatic N) is 1. The Morgan fingerprint density at radius 3 is 2.52 bits per heavy atom. The molecule has 1 heterocycles. The van der Waals surface area contributed by atoms with Gasteiger partial charge in [0.2, 0.25) is 11.8 Å². The highest BCUT2D eigenvalue weighted by molar-refractivity contribution is 7.12. The summed E-state index contributed by atoms with van der Waals surface area (Å²) in [6.07, 6.45) is 0. The van der Waals surface area contributed by atoms with Crippen molar-refractivity contribution in [3.05, 3.63) is 46.7 Å². The standard InChI is InChI=1S/C21H27N3O4S/c1-5-28-16-9-6-8-15(12-16)24(14-18(25)23-21(2,3)4)19(26)13-22-20(27)17-10-7-11-29-17/h6-12H,5,13-14H2,1-4H3,(H,22,27)(H,23,25). The van der Waals surface area contributed by atoms with Crippen LogP contribution in [0.4, 0.5) is 5.69 Å². The monoisotopic (exact) mass is 417 g/mol. The molecule has 2 rings (SSSR count). The van der Waals surface area contributed by atoms with Gasteiger partial charge in [-0.1, -0.05) is 12.1 Å². The van der Waals surface area contributed by atoms with E-state index in [1.807, 2.05) is 27.7 Å². The summed E-state index contributed by atoms with van der Waals surface area (Å²) < 4.78 is 5.50. The van der Waals surface area contributed by atoms with Crippen molar-refractivity contribution in [2.75, 3.05) is 24.6 Å². The van der Waals surface area contributed by atoms with E-state index in [4.69, 9.17) is 4.74 Å². The molecule has 0 radical (unpaired) electrons. The van der Waals surface area contributed by atoms with Crippen LogP contribution in [0.2, 0.25) is 0 Å². The number of amides is 3. The maximum atomic E-state index is 12.9. The number of rotatable bonds is 8. The molecule has 0 aliphatic carbocycles. The molecule has 2 N–H and O–H groups in total. The van der Waals surface area contributed by atoms with E-state index in [2.05, 4.69) is 10.6 Å². The summed E-state index contributed by atoms with van der Waals surface area (Å²) in [6.45, 7) is 7.57. The first-order valence-electron chi connectivity index (χ1n) is 9.35. The number of carbonyl (C=O) groups excluding carboxylic acids is 3. The van der Waals surface area contributed by atoms with Gasteiger partial charge in [0.25, 0.3) is 5.91 Å². The molecule has 1 aromatic heterocycles. The van der Waals surface area contributed by atoms with Crippen LogP contribution in [0.1, 0.15) is 37.4 Å². The van der Waals surface area contributed by atoms with Crippen LogP contribution in [-0.2, 0) is 9.59 Å². The van der Waals surface area contributed by atoms with Gasteiger partial charge >= 0.3 is 0 Å². The minimum Gasteiger partial charge on any atom is -0.494 e. The Balaban J connectivity index is 2.16. The second-order valence-electron chi connectivity index (χ2n) is 7.37. The highest BCUT2D eigenvalue weighted by Crippen LogP contribution is 2.21. The van der Waals surface area contributed by atoms with E-state index in [-0.39, 0.29) is 24.9 Å². The number of anilines is 1. The van der Waals surface area contributed by atoms with Crippen LogP contribution >= 0.6 is 11.3 Å². The Morgan fingerprint density at radius 2 is 1.90 bits per heavy atom. The molecule has 2 aromatic rings. The smallest absolute Gasteiger partial charge is 0.261 e. The SMILES string of the molecule is CCOc1cccc(N(CC(=O)NC(C)(C)C)C(=O)CNC(=O)c2cccs2)c1. The molecule has 0 bridgehead atoms. The predicted octanol–water partition coefficient (Wildman–Crippen LogP) is 2.82. The van der Waals surface area contributed by atoms with Crippen LogP contribution in [0, 0.1) is 0 Å². The van der Waals surface area contributed by atoms with Crippen LogP contribution in [0.5, 0.6) is 5.75 Å². The predicted molar refractivity (Wildman–Crippen MR) is 115 cm³/mol. The van der Waals surface area contributed by atoms with E-state index in [9.17, 15) is 14.4 Å². The summed E-state index contributed by atoms with van der Waals surface area (Å²) in [4.78, 5) is 39.4. The van der Waals surface area contributed by atoms with E-state index in [1.54, 1.807) is 41.8 Å². The van der Waals surface area contributed by atoms with Gasteiger partial charge in [-0.3, -0.25) is 14.4 Å². The zero-order valence-corrected chi connectivity index (χ0v) is 18.0. The molecular formula is C21H27N3O4S. The van der Waals surface area contributed by atoms with Gasteiger partial charge in [-0.2, -0.15) is 0 Å². The summed E-state index contributed by atoms with van der Waals surface area (Å²) in [5, 5.41) is 7.26. The number of thiophene rings is 1. The normalized spacial score (nSPS) is 10.9. The number of ether oxygens (including phenoxy) is 1. The largest absolute Gasteiger partial charge is 0.494 e. The van der Waals surface area contributed by atoms with Gasteiger partial charge in [-0.05, 0) is 51.3 Å². The topological polar surface area (TPSA) is 87.7 Å². The molecule has 3 amide bonds. The van der Waals surface area contributed by atoms with Crippen molar-refractivity contribution in [1.82, 2.24) is 10.6 Å². The highest BCUT2D eigenvalue weighted by atomic mass is 32.1. The Labute approximate surface area is 175 Å². The molecule has 0 spiro atoms. The molecule has 0 aliphatic rings. The number of carbonyl (C=O) groups is 3. The summed E-state index contributed by atoms with van der Waals surface area (Å²) >= 11 is 1.29. The Morgan fingerprint density at radius 1 is 1.14 bits per heavy atom. The van der Waals surface area contributed by atoms with E-state index in [0.29, 0.717) is 22.9 Å². The maximum Gasteiger partial charge on any atom is 0.261 e. The molecule has 7 nitrogen and oxygen atoms in total. The third-order valence-corrected chi connectivity index (χ3v) is 4.57. The van der Waals surface area contributed by atoms with Gasteiger partial charge in [0, 0.05) is 17.3 Å². The molecule has 8 heteroatoms. The molecule has 1 aromatic carbocycles. The molecule has 0 unspecified atom stereocenters. The van der Waals surface area contributed by atoms with Gasteiger partial charge in [0.1, 0.15) is 12.3 Å². The third-order valence-electron chi connectivity index (χ3n) is 3.70. The molecule has 156 valence electrons. The second-order valence-corrected chi connectivity index (χ2v) is 8.32. The van der Waals surface area contributed by atoms with Crippen molar-refractivity contribution in [2.24, 2.45) is 0 Å². The molecule has 29 heavy (non-hydrogen) atoms. The number of hydrogen-bond acceptors (Lipinski definition) is 5. The van der Waals surface area contributed by atoms with Crippen LogP contribution in [0.25, 0.3) is 0 Å². The van der Waals surface area contributed by atoms with Crippen molar-refractivity contribution < 1.29 is 19.1 Å². The lowest BCUT2D eigenvalue weighted by atomic mass is 10.1. The van der Waals surface area contributed by atoms with Gasteiger partial charge in [0.15, 0.2) is 0 Å². The number of benzene rings is 1. The maximum absolute atomic E-state index is 12.9. The molecule has 0 fully saturated rings. The fraction of sp³-hybridized carbons (Fsp3) is 0.381. The van der Waals surface area contributed by atoms with Crippen LogP contribution in [0.15, 0.2) is 41.8 Å². The van der Waals surface area contributed by atoms with Crippen molar-refractivity contribution >= 4 is 34.7 Å². The molecule has 0 aliphatic heterocycles. The fourth-order valence-electron chi connectivity index (χ4n) is 2.58. The molecule has 0 saturated carbocycles. The Kier molecular flexibility index (Phi) is 7.78. The third kappa shape index (κ3) is 7.23. The first-order valence-corrected chi connectivity index (χ1v) is 10.2. The lowest BCUT2D eigenvalue weighted by Crippen LogP contribution is -2.49. The number of hydrogen-bond donors (Lipinski definition) is 2. The fourth-order valence-corrected chi connectivity index (χ4v) is 3.22. The van der Waals surface area contributed by atoms with Crippen molar-refractivity contribution in [2.45, 2.75) is 33.2 Å². The zero-order chi connectivity index (χ0) is 21.4. The van der Waals surface area contributed by atoms with Crippen molar-refractivity contribution in [1.29, 1.82) is 0 Å². The zero-order valence-electron chi connectivity index (χ0n) is 17.2. The van der Waals surface area contributed by atoms with Crippen LogP contribution < -0.4 is 20.3 Å². The van der Waals surface area contributed by atoms with Gasteiger partial charge < -0.3 is 20.3 Å². The highest BCUT2D eigenvalue weighted by Gasteiger charge is 2.23. The quantitative estimate of drug-likeness (QED) is 0.691. The van der Waals surface area contributed by atoms with Gasteiger partial charge in [-0.25, -0.2) is 0 Å². The van der Waals surface area contributed by atoms with Crippen molar-refractivity contribution in [3.8, 4) is 5.75 Å². The first kappa shape index (κ1) is 22.4. The molecule has 0 saturated heterocycles. The van der Waals surface area contributed by atoms with E-state index < -0.39 is 11.4 Å². The van der Waals surface area contributed by atoms with E-state index in [1.165, 1.54) is 16.2 Å². The minimum absolute atomic E-state index is 0.166. The minimum atomic E-state index is -0.424. The Hall–Kier alpha value is -2.87. The van der Waals surface area contributed by atoms with Crippen molar-refractivity contribution in [3.63, 3.8) is 0 Å². The van der Waals surface area contributed by atoms with E-state index in [0.717, 1.165) is 0 Å². The van der Waals surface area contributed by atoms with Gasteiger partial charge in [0.05, 0.1) is 18.0 Å². The van der Waals surface area contributed by atoms with E-state index >= 15 is 0 Å². The second kappa shape index (κ2) is 10.1. The molecule has 0 atom stereocenters. The summed E-state index contributed by atoms with van der Waals surface area (Å²) in [5.41, 5.74) is 0.0993. The average molecular weight is 418 g/mol. The summed E-state index contributed by atoms with van der Waals surface area (Å²) in [5.74, 6) is -0.415. The first-order chi connectivity index (χ1) is 13.7. The summed E-state index contributed by atoms with van der Waals surface area (Å²) in [7, 11) is 0. The van der Waals surface area contributed by atoms with Crippen LogP contribution in [-0.4, -0.2) is 43.0 Å². The summed E-state index contributed by atoms with van der Waals surface area (Å²) in [6, 6.07) is 10.4. The van der Waals surface area contributed by atoms with Gasteiger partial charge in [-0.15, -0.1) is 11.3 Å². The average Bonchev–Trinajstić information content (AvgIpc) is 3.18. The lowest BCUT2D eigenvalue weighted by Gasteiger charge is -2.26.